The predicted octanol–water partition coefficient (Wildman–Crippen LogP) is 3.57. The van der Waals surface area contributed by atoms with Crippen LogP contribution >= 0.6 is 0 Å². The van der Waals surface area contributed by atoms with Crippen LogP contribution in [0.3, 0.4) is 0 Å². The minimum Gasteiger partial charge on any atom is -0.304 e. The molecule has 0 saturated carbocycles. The van der Waals surface area contributed by atoms with Crippen molar-refractivity contribution in [2.75, 3.05) is 0 Å². The van der Waals surface area contributed by atoms with E-state index in [0.29, 0.717) is 5.56 Å². The van der Waals surface area contributed by atoms with E-state index in [9.17, 15) is 13.2 Å². The van der Waals surface area contributed by atoms with Gasteiger partial charge in [0.15, 0.2) is 0 Å². The number of hydrogen-bond acceptors (Lipinski definition) is 1. The van der Waals surface area contributed by atoms with Gasteiger partial charge in [-0.3, -0.25) is 0 Å². The molecule has 0 bridgehead atoms. The first-order valence-electron chi connectivity index (χ1n) is 4.58. The summed E-state index contributed by atoms with van der Waals surface area (Å²) in [6.07, 6.45) is -3.06. The van der Waals surface area contributed by atoms with Gasteiger partial charge in [0.1, 0.15) is 0 Å². The number of aromatic nitrogens is 1. The zero-order valence-electron chi connectivity index (χ0n) is 8.46. The number of alkyl halides is 3. The average molecular weight is 414 g/mol. The molecule has 0 atom stereocenters. The van der Waals surface area contributed by atoms with E-state index in [1.165, 1.54) is 12.3 Å². The van der Waals surface area contributed by atoms with E-state index >= 15 is 0 Å². The standard InChI is InChI=1S/C12H7F3N.Ir/c13-12(14,15)10-7-4-8-16-11(10)9-5-2-1-3-6-9;/h1-5,7-8H;/q-1;. The number of hydrogen-bond donors (Lipinski definition) is 0. The fraction of sp³-hybridized carbons (Fsp3) is 0.0833. The molecule has 2 aromatic rings. The molecule has 0 fully saturated rings. The monoisotopic (exact) mass is 415 g/mol. The quantitative estimate of drug-likeness (QED) is 0.651. The molecule has 91 valence electrons. The van der Waals surface area contributed by atoms with Gasteiger partial charge in [0, 0.05) is 37.6 Å². The van der Waals surface area contributed by atoms with Gasteiger partial charge >= 0.3 is 6.18 Å². The van der Waals surface area contributed by atoms with Gasteiger partial charge in [-0.05, 0) is 6.07 Å². The summed E-state index contributed by atoms with van der Waals surface area (Å²) in [6, 6.07) is 11.5. The Morgan fingerprint density at radius 3 is 2.41 bits per heavy atom. The molecule has 17 heavy (non-hydrogen) atoms. The van der Waals surface area contributed by atoms with Crippen LogP contribution < -0.4 is 0 Å². The Labute approximate surface area is 110 Å². The molecule has 1 radical (unpaired) electrons. The van der Waals surface area contributed by atoms with Crippen LogP contribution in [0, 0.1) is 6.07 Å². The molecule has 0 aliphatic rings. The molecule has 0 aliphatic carbocycles. The van der Waals surface area contributed by atoms with E-state index in [2.05, 4.69) is 11.1 Å². The van der Waals surface area contributed by atoms with Gasteiger partial charge in [-0.15, -0.1) is 35.9 Å². The summed E-state index contributed by atoms with van der Waals surface area (Å²) in [5, 5.41) is 0. The second-order valence-electron chi connectivity index (χ2n) is 3.17. The second kappa shape index (κ2) is 5.43. The Morgan fingerprint density at radius 2 is 1.82 bits per heavy atom. The van der Waals surface area contributed by atoms with Crippen molar-refractivity contribution in [1.82, 2.24) is 4.98 Å². The number of pyridine rings is 1. The van der Waals surface area contributed by atoms with Crippen molar-refractivity contribution in [3.8, 4) is 11.3 Å². The maximum Gasteiger partial charge on any atom is 0.409 e. The van der Waals surface area contributed by atoms with E-state index in [1.807, 2.05) is 0 Å². The first kappa shape index (κ1) is 13.9. The van der Waals surface area contributed by atoms with Crippen molar-refractivity contribution >= 4 is 0 Å². The maximum absolute atomic E-state index is 12.7. The number of halogens is 3. The SMILES string of the molecule is FC(F)(F)c1cccnc1-c1[c-]cccc1.[Ir]. The number of rotatable bonds is 1. The van der Waals surface area contributed by atoms with Gasteiger partial charge in [0.25, 0.3) is 0 Å². The molecule has 0 aliphatic heterocycles. The van der Waals surface area contributed by atoms with E-state index in [-0.39, 0.29) is 25.8 Å². The van der Waals surface area contributed by atoms with Crippen LogP contribution in [0.4, 0.5) is 13.2 Å². The number of benzene rings is 1. The zero-order chi connectivity index (χ0) is 11.6. The molecule has 2 rings (SSSR count). The third kappa shape index (κ3) is 3.14. The van der Waals surface area contributed by atoms with E-state index < -0.39 is 11.7 Å². The van der Waals surface area contributed by atoms with Crippen LogP contribution in [-0.4, -0.2) is 4.98 Å². The van der Waals surface area contributed by atoms with Gasteiger partial charge in [0.05, 0.1) is 0 Å². The maximum atomic E-state index is 12.7. The van der Waals surface area contributed by atoms with Crippen LogP contribution in [0.2, 0.25) is 0 Å². The minimum atomic E-state index is -4.40. The van der Waals surface area contributed by atoms with Crippen molar-refractivity contribution in [3.63, 3.8) is 0 Å². The molecule has 0 amide bonds. The largest absolute Gasteiger partial charge is 0.409 e. The van der Waals surface area contributed by atoms with Crippen LogP contribution in [0.1, 0.15) is 5.56 Å². The van der Waals surface area contributed by atoms with E-state index in [1.54, 1.807) is 24.3 Å². The van der Waals surface area contributed by atoms with Crippen molar-refractivity contribution in [3.05, 3.63) is 54.2 Å². The average Bonchev–Trinajstić information content (AvgIpc) is 2.29. The Kier molecular flexibility index (Phi) is 4.43. The van der Waals surface area contributed by atoms with Crippen molar-refractivity contribution in [2.24, 2.45) is 0 Å². The van der Waals surface area contributed by atoms with Gasteiger partial charge in [-0.2, -0.15) is 13.2 Å². The first-order valence-corrected chi connectivity index (χ1v) is 4.58. The van der Waals surface area contributed by atoms with Crippen LogP contribution in [0.15, 0.2) is 42.6 Å². The molecule has 5 heteroatoms. The van der Waals surface area contributed by atoms with Crippen molar-refractivity contribution in [2.45, 2.75) is 6.18 Å². The van der Waals surface area contributed by atoms with Crippen LogP contribution in [-0.2, 0) is 26.3 Å². The summed E-state index contributed by atoms with van der Waals surface area (Å²) >= 11 is 0. The first-order chi connectivity index (χ1) is 7.59. The summed E-state index contributed by atoms with van der Waals surface area (Å²) in [7, 11) is 0. The zero-order valence-corrected chi connectivity index (χ0v) is 10.9. The molecule has 1 aromatic carbocycles. The van der Waals surface area contributed by atoms with Gasteiger partial charge in [-0.25, -0.2) is 0 Å². The summed E-state index contributed by atoms with van der Waals surface area (Å²) in [6.45, 7) is 0. The third-order valence-corrected chi connectivity index (χ3v) is 2.08. The predicted molar refractivity (Wildman–Crippen MR) is 53.5 cm³/mol. The Balaban J connectivity index is 0.00000144. The van der Waals surface area contributed by atoms with E-state index in [4.69, 9.17) is 0 Å². The van der Waals surface area contributed by atoms with Gasteiger partial charge in [-0.1, -0.05) is 6.07 Å². The van der Waals surface area contributed by atoms with Gasteiger partial charge in [0.2, 0.25) is 0 Å². The smallest absolute Gasteiger partial charge is 0.304 e. The Hall–Kier alpha value is -1.19. The molecule has 0 unspecified atom stereocenters. The molecule has 1 aromatic heterocycles. The topological polar surface area (TPSA) is 12.9 Å². The third-order valence-electron chi connectivity index (χ3n) is 2.08. The fourth-order valence-corrected chi connectivity index (χ4v) is 1.39. The summed E-state index contributed by atoms with van der Waals surface area (Å²) in [5.74, 6) is 0. The minimum absolute atomic E-state index is 0. The normalized spacial score (nSPS) is 10.8. The van der Waals surface area contributed by atoms with Crippen LogP contribution in [0.5, 0.6) is 0 Å². The second-order valence-corrected chi connectivity index (χ2v) is 3.17. The van der Waals surface area contributed by atoms with Crippen molar-refractivity contribution in [1.29, 1.82) is 0 Å². The van der Waals surface area contributed by atoms with Gasteiger partial charge < -0.3 is 4.98 Å². The molecule has 0 saturated heterocycles. The molecule has 1 nitrogen and oxygen atoms in total. The Bertz CT molecular complexity index is 483. The summed E-state index contributed by atoms with van der Waals surface area (Å²) < 4.78 is 38.0. The van der Waals surface area contributed by atoms with Crippen LogP contribution in [0.25, 0.3) is 11.3 Å². The molecule has 0 N–H and O–H groups in total. The van der Waals surface area contributed by atoms with Crippen molar-refractivity contribution < 1.29 is 33.3 Å². The molecule has 1 heterocycles. The summed E-state index contributed by atoms with van der Waals surface area (Å²) in [5.41, 5.74) is -0.483. The Morgan fingerprint density at radius 1 is 1.06 bits per heavy atom. The molecule has 0 spiro atoms. The fourth-order valence-electron chi connectivity index (χ4n) is 1.39. The van der Waals surface area contributed by atoms with E-state index in [0.717, 1.165) is 6.07 Å². The number of nitrogens with zero attached hydrogens (tertiary/aromatic N) is 1. The molecular formula is C12H7F3IrN-. The molecular weight excluding hydrogens is 407 g/mol. The summed E-state index contributed by atoms with van der Waals surface area (Å²) in [4.78, 5) is 3.76.